The van der Waals surface area contributed by atoms with E-state index in [1.54, 1.807) is 21.3 Å². The molecular weight excluding hydrogens is 270 g/mol. The van der Waals surface area contributed by atoms with Crippen LogP contribution in [0.5, 0.6) is 17.2 Å². The highest BCUT2D eigenvalue weighted by Crippen LogP contribution is 2.34. The fourth-order valence-electron chi connectivity index (χ4n) is 1.92. The maximum absolute atomic E-state index is 5.53. The monoisotopic (exact) mass is 297 g/mol. The molecule has 120 valence electrons. The van der Waals surface area contributed by atoms with E-state index < -0.39 is 0 Å². The summed E-state index contributed by atoms with van der Waals surface area (Å²) in [6.07, 6.45) is 0. The summed E-state index contributed by atoms with van der Waals surface area (Å²) in [5, 5.41) is 3.34. The predicted molar refractivity (Wildman–Crippen MR) is 83.5 cm³/mol. The van der Waals surface area contributed by atoms with E-state index in [1.807, 2.05) is 12.1 Å². The number of rotatable bonds is 10. The summed E-state index contributed by atoms with van der Waals surface area (Å²) in [7, 11) is 4.89. The quantitative estimate of drug-likeness (QED) is 0.672. The Bertz CT molecular complexity index is 421. The van der Waals surface area contributed by atoms with E-state index in [4.69, 9.17) is 18.9 Å². The minimum Gasteiger partial charge on any atom is -0.496 e. The van der Waals surface area contributed by atoms with Gasteiger partial charge in [0.1, 0.15) is 5.75 Å². The van der Waals surface area contributed by atoms with Crippen molar-refractivity contribution in [1.29, 1.82) is 0 Å². The zero-order chi connectivity index (χ0) is 15.7. The number of nitrogens with one attached hydrogen (secondary N) is 1. The molecule has 5 heteroatoms. The molecule has 0 aliphatic heterocycles. The summed E-state index contributed by atoms with van der Waals surface area (Å²) in [5.74, 6) is 2.71. The van der Waals surface area contributed by atoms with Crippen LogP contribution in [0, 0.1) is 5.92 Å². The largest absolute Gasteiger partial charge is 0.496 e. The van der Waals surface area contributed by atoms with E-state index in [-0.39, 0.29) is 0 Å². The van der Waals surface area contributed by atoms with Crippen molar-refractivity contribution in [2.45, 2.75) is 20.4 Å². The molecule has 0 bridgehead atoms. The molecule has 0 atom stereocenters. The van der Waals surface area contributed by atoms with Crippen LogP contribution in [0.4, 0.5) is 0 Å². The molecule has 0 amide bonds. The number of hydrogen-bond acceptors (Lipinski definition) is 5. The van der Waals surface area contributed by atoms with Crippen LogP contribution < -0.4 is 19.5 Å². The van der Waals surface area contributed by atoms with Crippen molar-refractivity contribution in [3.63, 3.8) is 0 Å². The molecule has 0 heterocycles. The predicted octanol–water partition coefficient (Wildman–Crippen LogP) is 2.47. The molecule has 0 aliphatic carbocycles. The van der Waals surface area contributed by atoms with Crippen molar-refractivity contribution < 1.29 is 18.9 Å². The van der Waals surface area contributed by atoms with Crippen LogP contribution in [0.15, 0.2) is 12.1 Å². The molecule has 1 N–H and O–H groups in total. The van der Waals surface area contributed by atoms with Crippen molar-refractivity contribution in [2.75, 3.05) is 41.1 Å². The second-order valence-electron chi connectivity index (χ2n) is 5.16. The molecule has 0 unspecified atom stereocenters. The molecule has 0 saturated heterocycles. The molecule has 0 radical (unpaired) electrons. The number of hydrogen-bond donors (Lipinski definition) is 1. The third kappa shape index (κ3) is 5.81. The molecule has 1 aromatic rings. The lowest BCUT2D eigenvalue weighted by Crippen LogP contribution is -2.20. The number of ether oxygens (including phenoxy) is 4. The van der Waals surface area contributed by atoms with Gasteiger partial charge >= 0.3 is 0 Å². The van der Waals surface area contributed by atoms with Crippen molar-refractivity contribution >= 4 is 0 Å². The average Bonchev–Trinajstić information content (AvgIpc) is 2.49. The van der Waals surface area contributed by atoms with E-state index in [9.17, 15) is 0 Å². The number of methoxy groups -OCH3 is 3. The Morgan fingerprint density at radius 2 is 1.57 bits per heavy atom. The van der Waals surface area contributed by atoms with Crippen molar-refractivity contribution in [3.8, 4) is 17.2 Å². The topological polar surface area (TPSA) is 49.0 Å². The molecule has 0 saturated carbocycles. The van der Waals surface area contributed by atoms with Crippen LogP contribution >= 0.6 is 0 Å². The Balaban J connectivity index is 2.53. The third-order valence-electron chi connectivity index (χ3n) is 2.98. The Morgan fingerprint density at radius 1 is 0.952 bits per heavy atom. The minimum absolute atomic E-state index is 0.566. The van der Waals surface area contributed by atoms with Crippen LogP contribution in [0.25, 0.3) is 0 Å². The van der Waals surface area contributed by atoms with Crippen LogP contribution in [0.2, 0.25) is 0 Å². The van der Waals surface area contributed by atoms with Crippen LogP contribution in [-0.2, 0) is 11.3 Å². The Morgan fingerprint density at radius 3 is 2.14 bits per heavy atom. The van der Waals surface area contributed by atoms with Gasteiger partial charge in [0.15, 0.2) is 11.5 Å². The summed E-state index contributed by atoms with van der Waals surface area (Å²) in [6, 6.07) is 3.77. The summed E-state index contributed by atoms with van der Waals surface area (Å²) in [4.78, 5) is 0. The first-order valence-corrected chi connectivity index (χ1v) is 7.19. The van der Waals surface area contributed by atoms with E-state index in [1.165, 1.54) is 0 Å². The van der Waals surface area contributed by atoms with Gasteiger partial charge in [-0.15, -0.1) is 0 Å². The molecule has 0 aromatic heterocycles. The second-order valence-corrected chi connectivity index (χ2v) is 5.16. The minimum atomic E-state index is 0.566. The first kappa shape index (κ1) is 17.6. The van der Waals surface area contributed by atoms with Gasteiger partial charge in [0.2, 0.25) is 0 Å². The van der Waals surface area contributed by atoms with E-state index >= 15 is 0 Å². The molecule has 0 fully saturated rings. The Kier molecular flexibility index (Phi) is 7.93. The van der Waals surface area contributed by atoms with Gasteiger partial charge in [-0.05, 0) is 12.0 Å². The van der Waals surface area contributed by atoms with Gasteiger partial charge in [-0.25, -0.2) is 0 Å². The summed E-state index contributed by atoms with van der Waals surface area (Å²) < 4.78 is 21.5. The maximum Gasteiger partial charge on any atom is 0.164 e. The zero-order valence-corrected chi connectivity index (χ0v) is 13.7. The fraction of sp³-hybridized carbons (Fsp3) is 0.625. The Hall–Kier alpha value is -1.46. The standard InChI is InChI=1S/C16H27NO4/c1-12(2)11-21-7-6-17-10-13-8-15(19-4)16(20-5)9-14(13)18-3/h8-9,12,17H,6-7,10-11H2,1-5H3. The summed E-state index contributed by atoms with van der Waals surface area (Å²) in [6.45, 7) is 7.26. The smallest absolute Gasteiger partial charge is 0.164 e. The highest BCUT2D eigenvalue weighted by molar-refractivity contribution is 5.50. The summed E-state index contributed by atoms with van der Waals surface area (Å²) >= 11 is 0. The van der Waals surface area contributed by atoms with Gasteiger partial charge in [0.05, 0.1) is 27.9 Å². The van der Waals surface area contributed by atoms with Crippen molar-refractivity contribution in [2.24, 2.45) is 5.92 Å². The molecule has 0 spiro atoms. The fourth-order valence-corrected chi connectivity index (χ4v) is 1.92. The van der Waals surface area contributed by atoms with Gasteiger partial charge in [-0.3, -0.25) is 0 Å². The SMILES string of the molecule is COc1cc(OC)c(OC)cc1CNCCOCC(C)C. The van der Waals surface area contributed by atoms with Crippen molar-refractivity contribution in [3.05, 3.63) is 17.7 Å². The first-order valence-electron chi connectivity index (χ1n) is 7.19. The lowest BCUT2D eigenvalue weighted by atomic mass is 10.1. The van der Waals surface area contributed by atoms with Crippen LogP contribution in [0.1, 0.15) is 19.4 Å². The van der Waals surface area contributed by atoms with E-state index in [0.29, 0.717) is 30.6 Å². The highest BCUT2D eigenvalue weighted by Gasteiger charge is 2.11. The molecular formula is C16H27NO4. The lowest BCUT2D eigenvalue weighted by Gasteiger charge is -2.14. The Labute approximate surface area is 127 Å². The maximum atomic E-state index is 5.53. The average molecular weight is 297 g/mol. The molecule has 1 rings (SSSR count). The van der Waals surface area contributed by atoms with Crippen LogP contribution in [-0.4, -0.2) is 41.1 Å². The van der Waals surface area contributed by atoms with Gasteiger partial charge in [0.25, 0.3) is 0 Å². The van der Waals surface area contributed by atoms with Crippen LogP contribution in [0.3, 0.4) is 0 Å². The molecule has 0 aliphatic rings. The van der Waals surface area contributed by atoms with Gasteiger partial charge in [-0.2, -0.15) is 0 Å². The first-order chi connectivity index (χ1) is 10.1. The lowest BCUT2D eigenvalue weighted by molar-refractivity contribution is 0.111. The molecule has 21 heavy (non-hydrogen) atoms. The van der Waals surface area contributed by atoms with Gasteiger partial charge in [-0.1, -0.05) is 13.8 Å². The highest BCUT2D eigenvalue weighted by atomic mass is 16.5. The van der Waals surface area contributed by atoms with Crippen molar-refractivity contribution in [1.82, 2.24) is 5.32 Å². The van der Waals surface area contributed by atoms with E-state index in [2.05, 4.69) is 19.2 Å². The second kappa shape index (κ2) is 9.47. The molecule has 1 aromatic carbocycles. The van der Waals surface area contributed by atoms with Gasteiger partial charge in [0, 0.05) is 31.3 Å². The van der Waals surface area contributed by atoms with E-state index in [0.717, 1.165) is 24.5 Å². The summed E-state index contributed by atoms with van der Waals surface area (Å²) in [5.41, 5.74) is 1.03. The number of benzene rings is 1. The zero-order valence-electron chi connectivity index (χ0n) is 13.7. The third-order valence-corrected chi connectivity index (χ3v) is 2.98. The van der Waals surface area contributed by atoms with Gasteiger partial charge < -0.3 is 24.3 Å². The normalized spacial score (nSPS) is 10.8. The molecule has 5 nitrogen and oxygen atoms in total.